The molecule has 0 aliphatic carbocycles. The average molecular weight is 279 g/mol. The molecule has 0 fully saturated rings. The molecule has 0 amide bonds. The van der Waals surface area contributed by atoms with Crippen molar-refractivity contribution in [1.82, 2.24) is 14.9 Å². The minimum Gasteiger partial charge on any atom is -0.337 e. The van der Waals surface area contributed by atoms with Gasteiger partial charge in [-0.3, -0.25) is 0 Å². The lowest BCUT2D eigenvalue weighted by Crippen LogP contribution is -2.27. The molecule has 2 rings (SSSR count). The van der Waals surface area contributed by atoms with Gasteiger partial charge in [0.05, 0.1) is 6.04 Å². The quantitative estimate of drug-likeness (QED) is 0.881. The van der Waals surface area contributed by atoms with Crippen LogP contribution in [0.5, 0.6) is 0 Å². The molecule has 0 saturated carbocycles. The summed E-state index contributed by atoms with van der Waals surface area (Å²) in [6.45, 7) is 2.89. The topological polar surface area (TPSA) is 29.9 Å². The van der Waals surface area contributed by atoms with Gasteiger partial charge in [-0.1, -0.05) is 13.0 Å². The third kappa shape index (κ3) is 3.42. The number of imidazole rings is 1. The first-order valence-electron chi connectivity index (χ1n) is 6.76. The van der Waals surface area contributed by atoms with Crippen molar-refractivity contribution in [2.75, 3.05) is 6.54 Å². The first-order chi connectivity index (χ1) is 9.61. The molecule has 1 aromatic heterocycles. The third-order valence-corrected chi connectivity index (χ3v) is 3.25. The average Bonchev–Trinajstić information content (AvgIpc) is 2.83. The third-order valence-electron chi connectivity index (χ3n) is 3.25. The number of hydrogen-bond donors (Lipinski definition) is 1. The number of rotatable bonds is 6. The molecule has 20 heavy (non-hydrogen) atoms. The van der Waals surface area contributed by atoms with Crippen molar-refractivity contribution >= 4 is 0 Å². The second kappa shape index (κ2) is 6.61. The highest BCUT2D eigenvalue weighted by atomic mass is 19.1. The van der Waals surface area contributed by atoms with Crippen molar-refractivity contribution in [1.29, 1.82) is 0 Å². The lowest BCUT2D eigenvalue weighted by atomic mass is 10.0. The molecule has 2 aromatic rings. The number of benzene rings is 1. The first kappa shape index (κ1) is 14.7. The maximum Gasteiger partial charge on any atom is 0.129 e. The molecule has 0 spiro atoms. The van der Waals surface area contributed by atoms with Gasteiger partial charge < -0.3 is 9.88 Å². The molecule has 3 nitrogen and oxygen atoms in total. The minimum atomic E-state index is -0.554. The van der Waals surface area contributed by atoms with E-state index >= 15 is 0 Å². The molecule has 0 radical (unpaired) electrons. The van der Waals surface area contributed by atoms with E-state index in [9.17, 15) is 8.78 Å². The van der Waals surface area contributed by atoms with E-state index in [1.54, 1.807) is 6.20 Å². The van der Waals surface area contributed by atoms with Crippen LogP contribution in [0.2, 0.25) is 0 Å². The molecular weight excluding hydrogens is 260 g/mol. The van der Waals surface area contributed by atoms with Crippen molar-refractivity contribution < 1.29 is 8.78 Å². The van der Waals surface area contributed by atoms with E-state index in [0.717, 1.165) is 24.9 Å². The Kier molecular flexibility index (Phi) is 4.84. The lowest BCUT2D eigenvalue weighted by Gasteiger charge is -2.18. The summed E-state index contributed by atoms with van der Waals surface area (Å²) < 4.78 is 28.6. The number of aromatic nitrogens is 2. The zero-order valence-electron chi connectivity index (χ0n) is 11.7. The summed E-state index contributed by atoms with van der Waals surface area (Å²) in [7, 11) is 1.91. The largest absolute Gasteiger partial charge is 0.337 e. The second-order valence-corrected chi connectivity index (χ2v) is 4.84. The summed E-state index contributed by atoms with van der Waals surface area (Å²) in [6.07, 6.45) is 5.00. The van der Waals surface area contributed by atoms with E-state index in [0.29, 0.717) is 12.0 Å². The van der Waals surface area contributed by atoms with Gasteiger partial charge in [0.2, 0.25) is 0 Å². The Morgan fingerprint density at radius 3 is 2.75 bits per heavy atom. The Morgan fingerprint density at radius 1 is 1.35 bits per heavy atom. The van der Waals surface area contributed by atoms with E-state index in [4.69, 9.17) is 0 Å². The number of halogens is 2. The van der Waals surface area contributed by atoms with Crippen LogP contribution in [0.4, 0.5) is 8.78 Å². The number of aryl methyl sites for hydroxylation is 1. The molecular formula is C15H19F2N3. The maximum atomic E-state index is 13.8. The molecule has 0 aliphatic rings. The van der Waals surface area contributed by atoms with Crippen LogP contribution < -0.4 is 5.32 Å². The van der Waals surface area contributed by atoms with E-state index in [1.165, 1.54) is 12.1 Å². The van der Waals surface area contributed by atoms with Crippen LogP contribution in [0.3, 0.4) is 0 Å². The van der Waals surface area contributed by atoms with Crippen molar-refractivity contribution in [3.05, 3.63) is 53.6 Å². The van der Waals surface area contributed by atoms with Gasteiger partial charge in [-0.15, -0.1) is 0 Å². The molecule has 1 atom stereocenters. The normalized spacial score (nSPS) is 12.6. The number of nitrogens with zero attached hydrogens (tertiary/aromatic N) is 2. The van der Waals surface area contributed by atoms with Crippen LogP contribution in [0, 0.1) is 11.6 Å². The summed E-state index contributed by atoms with van der Waals surface area (Å²) in [5, 5.41) is 3.36. The molecule has 1 N–H and O–H groups in total. The number of hydrogen-bond acceptors (Lipinski definition) is 2. The smallest absolute Gasteiger partial charge is 0.129 e. The van der Waals surface area contributed by atoms with Crippen LogP contribution in [0.25, 0.3) is 0 Å². The lowest BCUT2D eigenvalue weighted by molar-refractivity contribution is 0.478. The molecule has 0 saturated heterocycles. The van der Waals surface area contributed by atoms with E-state index in [-0.39, 0.29) is 6.04 Å². The van der Waals surface area contributed by atoms with Crippen molar-refractivity contribution in [2.45, 2.75) is 25.8 Å². The van der Waals surface area contributed by atoms with Gasteiger partial charge in [0, 0.05) is 25.5 Å². The van der Waals surface area contributed by atoms with Gasteiger partial charge in [-0.25, -0.2) is 13.8 Å². The predicted molar refractivity (Wildman–Crippen MR) is 74.3 cm³/mol. The summed E-state index contributed by atoms with van der Waals surface area (Å²) in [5.74, 6) is -0.217. The molecule has 0 bridgehead atoms. The van der Waals surface area contributed by atoms with Crippen LogP contribution in [0.1, 0.15) is 30.8 Å². The zero-order valence-corrected chi connectivity index (χ0v) is 11.7. The van der Waals surface area contributed by atoms with E-state index < -0.39 is 11.6 Å². The Labute approximate surface area is 117 Å². The van der Waals surface area contributed by atoms with Gasteiger partial charge in [-0.2, -0.15) is 0 Å². The Morgan fingerprint density at radius 2 is 2.15 bits per heavy atom. The van der Waals surface area contributed by atoms with Crippen LogP contribution in [-0.4, -0.2) is 16.1 Å². The molecule has 1 aromatic carbocycles. The molecule has 1 heterocycles. The van der Waals surface area contributed by atoms with Crippen LogP contribution in [-0.2, 0) is 13.5 Å². The second-order valence-electron chi connectivity index (χ2n) is 4.84. The highest BCUT2D eigenvalue weighted by Gasteiger charge is 2.17. The summed E-state index contributed by atoms with van der Waals surface area (Å²) in [5.41, 5.74) is 0.489. The molecule has 5 heteroatoms. The van der Waals surface area contributed by atoms with E-state index in [1.807, 2.05) is 17.8 Å². The summed E-state index contributed by atoms with van der Waals surface area (Å²) in [6, 6.07) is 3.61. The SMILES string of the molecule is CCCNC(Cc1ccc(F)cc1F)c1nccn1C. The first-order valence-corrected chi connectivity index (χ1v) is 6.76. The molecule has 1 unspecified atom stereocenters. The van der Waals surface area contributed by atoms with Crippen molar-refractivity contribution in [2.24, 2.45) is 7.05 Å². The highest BCUT2D eigenvalue weighted by molar-refractivity contribution is 5.21. The van der Waals surface area contributed by atoms with Crippen molar-refractivity contribution in [3.63, 3.8) is 0 Å². The van der Waals surface area contributed by atoms with Crippen LogP contribution >= 0.6 is 0 Å². The molecule has 108 valence electrons. The monoisotopic (exact) mass is 279 g/mol. The van der Waals surface area contributed by atoms with Gasteiger partial charge in [0.1, 0.15) is 17.5 Å². The number of nitrogens with one attached hydrogen (secondary N) is 1. The zero-order chi connectivity index (χ0) is 14.5. The fourth-order valence-corrected chi connectivity index (χ4v) is 2.19. The standard InChI is InChI=1S/C15H19F2N3/c1-3-6-18-14(15-19-7-8-20(15)2)9-11-4-5-12(16)10-13(11)17/h4-5,7-8,10,14,18H,3,6,9H2,1-2H3. The van der Waals surface area contributed by atoms with Gasteiger partial charge in [-0.05, 0) is 31.0 Å². The molecule has 0 aliphatic heterocycles. The van der Waals surface area contributed by atoms with Gasteiger partial charge in [0.25, 0.3) is 0 Å². The summed E-state index contributed by atoms with van der Waals surface area (Å²) in [4.78, 5) is 4.32. The maximum absolute atomic E-state index is 13.8. The fraction of sp³-hybridized carbons (Fsp3) is 0.400. The Balaban J connectivity index is 2.21. The Hall–Kier alpha value is -1.75. The fourth-order valence-electron chi connectivity index (χ4n) is 2.19. The summed E-state index contributed by atoms with van der Waals surface area (Å²) >= 11 is 0. The Bertz CT molecular complexity index is 566. The van der Waals surface area contributed by atoms with E-state index in [2.05, 4.69) is 17.2 Å². The minimum absolute atomic E-state index is 0.0880. The van der Waals surface area contributed by atoms with Crippen LogP contribution in [0.15, 0.2) is 30.6 Å². The highest BCUT2D eigenvalue weighted by Crippen LogP contribution is 2.19. The van der Waals surface area contributed by atoms with Gasteiger partial charge >= 0.3 is 0 Å². The van der Waals surface area contributed by atoms with Gasteiger partial charge in [0.15, 0.2) is 0 Å². The van der Waals surface area contributed by atoms with Crippen molar-refractivity contribution in [3.8, 4) is 0 Å². The predicted octanol–water partition coefficient (Wildman–Crippen LogP) is 2.98.